The van der Waals surface area contributed by atoms with Crippen LogP contribution in [0.4, 0.5) is 16.0 Å². The summed E-state index contributed by atoms with van der Waals surface area (Å²) in [4.78, 5) is 14.2. The van der Waals surface area contributed by atoms with E-state index in [4.69, 9.17) is 23.1 Å². The number of aromatic nitrogens is 4. The quantitative estimate of drug-likeness (QED) is 0.742. The van der Waals surface area contributed by atoms with Crippen LogP contribution in [-0.2, 0) is 0 Å². The molecule has 2 heterocycles. The molecule has 4 N–H and O–H groups in total. The molecule has 2 aromatic rings. The van der Waals surface area contributed by atoms with Crippen LogP contribution in [0.1, 0.15) is 0 Å². The molecule has 9 heteroatoms. The van der Waals surface area contributed by atoms with Crippen LogP contribution in [0.5, 0.6) is 6.01 Å². The molecule has 0 amide bonds. The lowest BCUT2D eigenvalue weighted by Gasteiger charge is -1.97. The zero-order valence-corrected chi connectivity index (χ0v) is 10.1. The van der Waals surface area contributed by atoms with Crippen molar-refractivity contribution >= 4 is 23.2 Å². The summed E-state index contributed by atoms with van der Waals surface area (Å²) in [6.45, 7) is 0. The molecule has 2 rings (SSSR count). The third-order valence-corrected chi connectivity index (χ3v) is 1.79. The summed E-state index contributed by atoms with van der Waals surface area (Å²) >= 11 is 5.41. The van der Waals surface area contributed by atoms with Crippen LogP contribution >= 0.6 is 11.6 Å². The molecule has 7 nitrogen and oxygen atoms in total. The van der Waals surface area contributed by atoms with Crippen LogP contribution < -0.4 is 16.2 Å². The van der Waals surface area contributed by atoms with Gasteiger partial charge in [-0.2, -0.15) is 4.98 Å². The Kier molecular flexibility index (Phi) is 5.00. The molecule has 0 aliphatic heterocycles. The first-order valence-corrected chi connectivity index (χ1v) is 4.95. The Labute approximate surface area is 107 Å². The van der Waals surface area contributed by atoms with Gasteiger partial charge in [-0.15, -0.1) is 0 Å². The fourth-order valence-corrected chi connectivity index (χ4v) is 0.964. The highest BCUT2D eigenvalue weighted by Crippen LogP contribution is 2.07. The SMILES string of the molecule is COc1ncc(F)c(N)n1.Nc1cc(Cl)ncn1. The van der Waals surface area contributed by atoms with Gasteiger partial charge in [-0.3, -0.25) is 0 Å². The van der Waals surface area contributed by atoms with Gasteiger partial charge in [0.1, 0.15) is 17.3 Å². The van der Waals surface area contributed by atoms with Crippen LogP contribution in [0.2, 0.25) is 5.15 Å². The third-order valence-electron chi connectivity index (χ3n) is 1.59. The fourth-order valence-electron chi connectivity index (χ4n) is 0.809. The van der Waals surface area contributed by atoms with Crippen LogP contribution in [0, 0.1) is 5.82 Å². The standard InChI is InChI=1S/C5H6FN3O.C4H4ClN3/c1-10-5-8-2-3(6)4(7)9-5;5-3-1-4(6)8-2-7-3/h2H,1H3,(H2,7,8,9);1-2H,(H2,6,7,8). The lowest BCUT2D eigenvalue weighted by Crippen LogP contribution is -1.99. The third kappa shape index (κ3) is 4.34. The summed E-state index contributed by atoms with van der Waals surface area (Å²) in [6, 6.07) is 1.56. The van der Waals surface area contributed by atoms with E-state index in [0.29, 0.717) is 11.0 Å². The maximum atomic E-state index is 12.3. The van der Waals surface area contributed by atoms with Gasteiger partial charge >= 0.3 is 6.01 Å². The second-order valence-electron chi connectivity index (χ2n) is 2.86. The van der Waals surface area contributed by atoms with Gasteiger partial charge in [0.15, 0.2) is 11.6 Å². The molecule has 0 unspecified atom stereocenters. The van der Waals surface area contributed by atoms with Crippen molar-refractivity contribution in [1.29, 1.82) is 0 Å². The van der Waals surface area contributed by atoms with Gasteiger partial charge in [0, 0.05) is 6.07 Å². The molecule has 0 aliphatic carbocycles. The predicted molar refractivity (Wildman–Crippen MR) is 64.4 cm³/mol. The zero-order chi connectivity index (χ0) is 13.5. The van der Waals surface area contributed by atoms with Gasteiger partial charge in [-0.05, 0) is 0 Å². The number of ether oxygens (including phenoxy) is 1. The molecule has 0 saturated carbocycles. The number of nitrogen functional groups attached to an aromatic ring is 2. The van der Waals surface area contributed by atoms with Gasteiger partial charge in [0.25, 0.3) is 0 Å². The molecular weight excluding hydrogens is 263 g/mol. The van der Waals surface area contributed by atoms with Crippen LogP contribution in [0.25, 0.3) is 0 Å². The molecule has 0 radical (unpaired) electrons. The Morgan fingerprint density at radius 2 is 2.00 bits per heavy atom. The molecule has 2 aromatic heterocycles. The molecule has 0 aliphatic rings. The zero-order valence-electron chi connectivity index (χ0n) is 9.34. The largest absolute Gasteiger partial charge is 0.467 e. The topological polar surface area (TPSA) is 113 Å². The van der Waals surface area contributed by atoms with Crippen molar-refractivity contribution in [2.75, 3.05) is 18.6 Å². The van der Waals surface area contributed by atoms with E-state index in [2.05, 4.69) is 24.7 Å². The van der Waals surface area contributed by atoms with Crippen molar-refractivity contribution in [2.45, 2.75) is 0 Å². The Morgan fingerprint density at radius 1 is 1.28 bits per heavy atom. The molecule has 18 heavy (non-hydrogen) atoms. The number of methoxy groups -OCH3 is 1. The van der Waals surface area contributed by atoms with E-state index in [9.17, 15) is 4.39 Å². The summed E-state index contributed by atoms with van der Waals surface area (Å²) in [5.74, 6) is -0.447. The lowest BCUT2D eigenvalue weighted by atomic mass is 10.6. The maximum Gasteiger partial charge on any atom is 0.318 e. The minimum Gasteiger partial charge on any atom is -0.467 e. The van der Waals surface area contributed by atoms with E-state index < -0.39 is 5.82 Å². The van der Waals surface area contributed by atoms with E-state index in [1.165, 1.54) is 19.5 Å². The van der Waals surface area contributed by atoms with E-state index in [-0.39, 0.29) is 11.8 Å². The van der Waals surface area contributed by atoms with Crippen molar-refractivity contribution in [3.8, 4) is 6.01 Å². The summed E-state index contributed by atoms with van der Waals surface area (Å²) < 4.78 is 16.9. The Bertz CT molecular complexity index is 509. The first kappa shape index (κ1) is 13.8. The van der Waals surface area contributed by atoms with Crippen molar-refractivity contribution in [1.82, 2.24) is 19.9 Å². The Balaban J connectivity index is 0.000000184. The van der Waals surface area contributed by atoms with Gasteiger partial charge in [0.05, 0.1) is 13.3 Å². The molecule has 0 spiro atoms. The molecule has 0 fully saturated rings. The highest BCUT2D eigenvalue weighted by molar-refractivity contribution is 6.29. The maximum absolute atomic E-state index is 12.3. The van der Waals surface area contributed by atoms with E-state index in [1.54, 1.807) is 0 Å². The number of rotatable bonds is 1. The van der Waals surface area contributed by atoms with Crippen molar-refractivity contribution in [2.24, 2.45) is 0 Å². The first-order valence-electron chi connectivity index (χ1n) is 4.58. The predicted octanol–water partition coefficient (Wildman–Crippen LogP) is 0.919. The fraction of sp³-hybridized carbons (Fsp3) is 0.111. The van der Waals surface area contributed by atoms with Crippen molar-refractivity contribution in [3.05, 3.63) is 29.6 Å². The van der Waals surface area contributed by atoms with Gasteiger partial charge < -0.3 is 16.2 Å². The molecular formula is C9H10ClFN6O. The van der Waals surface area contributed by atoms with E-state index in [1.807, 2.05) is 0 Å². The number of halogens is 2. The molecule has 0 saturated heterocycles. The summed E-state index contributed by atoms with van der Waals surface area (Å²) in [5, 5.41) is 0.373. The average Bonchev–Trinajstić information content (AvgIpc) is 2.33. The van der Waals surface area contributed by atoms with Crippen molar-refractivity contribution in [3.63, 3.8) is 0 Å². The monoisotopic (exact) mass is 272 g/mol. The number of hydrogen-bond acceptors (Lipinski definition) is 7. The Morgan fingerprint density at radius 3 is 2.44 bits per heavy atom. The summed E-state index contributed by atoms with van der Waals surface area (Å²) in [5.41, 5.74) is 10.3. The summed E-state index contributed by atoms with van der Waals surface area (Å²) in [6.07, 6.45) is 2.28. The highest BCUT2D eigenvalue weighted by Gasteiger charge is 2.00. The minimum atomic E-state index is -0.638. The van der Waals surface area contributed by atoms with Gasteiger partial charge in [-0.25, -0.2) is 19.3 Å². The smallest absolute Gasteiger partial charge is 0.318 e. The second-order valence-corrected chi connectivity index (χ2v) is 3.24. The van der Waals surface area contributed by atoms with Crippen molar-refractivity contribution < 1.29 is 9.13 Å². The normalized spacial score (nSPS) is 9.28. The number of hydrogen-bond donors (Lipinski definition) is 2. The van der Waals surface area contributed by atoms with Gasteiger partial charge in [-0.1, -0.05) is 11.6 Å². The molecule has 0 atom stereocenters. The van der Waals surface area contributed by atoms with Gasteiger partial charge in [0.2, 0.25) is 0 Å². The lowest BCUT2D eigenvalue weighted by molar-refractivity contribution is 0.378. The molecule has 0 aromatic carbocycles. The molecule has 0 bridgehead atoms. The van der Waals surface area contributed by atoms with E-state index in [0.717, 1.165) is 6.20 Å². The van der Waals surface area contributed by atoms with Crippen LogP contribution in [-0.4, -0.2) is 27.0 Å². The number of nitrogens with zero attached hydrogens (tertiary/aromatic N) is 4. The molecule has 96 valence electrons. The highest BCUT2D eigenvalue weighted by atomic mass is 35.5. The van der Waals surface area contributed by atoms with E-state index >= 15 is 0 Å². The number of anilines is 2. The van der Waals surface area contributed by atoms with Crippen LogP contribution in [0.3, 0.4) is 0 Å². The first-order chi connectivity index (χ1) is 8.52. The summed E-state index contributed by atoms with van der Waals surface area (Å²) in [7, 11) is 1.38. The Hall–Kier alpha value is -2.22. The second kappa shape index (κ2) is 6.50. The number of nitrogens with two attached hydrogens (primary N) is 2. The average molecular weight is 273 g/mol. The minimum absolute atomic E-state index is 0.0684. The van der Waals surface area contributed by atoms with Crippen LogP contribution in [0.15, 0.2) is 18.6 Å².